The number of halogens is 1. The molecule has 2 aliphatic rings. The van der Waals surface area contributed by atoms with Crippen molar-refractivity contribution in [2.45, 2.75) is 12.5 Å². The highest BCUT2D eigenvalue weighted by atomic mass is 19.1. The van der Waals surface area contributed by atoms with E-state index in [1.54, 1.807) is 31.3 Å². The molecule has 7 nitrogen and oxygen atoms in total. The van der Waals surface area contributed by atoms with Crippen molar-refractivity contribution in [1.29, 1.82) is 0 Å². The molecule has 8 heteroatoms. The van der Waals surface area contributed by atoms with Crippen LogP contribution in [0.5, 0.6) is 0 Å². The summed E-state index contributed by atoms with van der Waals surface area (Å²) in [7, 11) is 1.76. The summed E-state index contributed by atoms with van der Waals surface area (Å²) < 4.78 is 14.2. The van der Waals surface area contributed by atoms with Crippen LogP contribution in [0.15, 0.2) is 53.9 Å². The number of carboxylic acid groups (broad SMARTS) is 1. The number of hydrogen-bond acceptors (Lipinski definition) is 6. The lowest BCUT2D eigenvalue weighted by Gasteiger charge is -2.33. The molecule has 6 N–H and O–H groups in total. The first-order valence-corrected chi connectivity index (χ1v) is 9.80. The highest BCUT2D eigenvalue weighted by molar-refractivity contribution is 5.88. The summed E-state index contributed by atoms with van der Waals surface area (Å²) in [5.41, 5.74) is 14.3. The number of nitrogens with two attached hydrogens (primary N) is 1. The molecule has 0 fully saturated rings. The molecule has 0 radical (unpaired) electrons. The third-order valence-corrected chi connectivity index (χ3v) is 5.22. The van der Waals surface area contributed by atoms with E-state index in [4.69, 9.17) is 10.8 Å². The van der Waals surface area contributed by atoms with E-state index in [0.29, 0.717) is 18.8 Å². The number of fused-ring (bicyclic) bond motifs is 2. The minimum absolute atomic E-state index is 0.134. The van der Waals surface area contributed by atoms with Crippen molar-refractivity contribution >= 4 is 23.4 Å². The monoisotopic (exact) mass is 409 g/mol. The Morgan fingerprint density at radius 3 is 2.73 bits per heavy atom. The summed E-state index contributed by atoms with van der Waals surface area (Å²) in [5.74, 6) is -1.27. The fourth-order valence-corrected chi connectivity index (χ4v) is 3.76. The number of carbonyl (C=O) groups is 1. The van der Waals surface area contributed by atoms with Gasteiger partial charge in [-0.15, -0.1) is 0 Å². The summed E-state index contributed by atoms with van der Waals surface area (Å²) in [6.45, 7) is 1.23. The minimum Gasteiger partial charge on any atom is -0.478 e. The molecule has 2 heterocycles. The molecule has 0 saturated carbocycles. The second kappa shape index (κ2) is 8.17. The van der Waals surface area contributed by atoms with Crippen molar-refractivity contribution in [2.24, 2.45) is 5.73 Å². The molecule has 4 rings (SSSR count). The third kappa shape index (κ3) is 3.62. The molecular weight excluding hydrogens is 385 g/mol. The van der Waals surface area contributed by atoms with E-state index < -0.39 is 5.97 Å². The zero-order chi connectivity index (χ0) is 21.3. The number of nitrogens with one attached hydrogen (secondary N) is 3. The second-order valence-corrected chi connectivity index (χ2v) is 7.19. The molecule has 0 spiro atoms. The molecule has 2 aliphatic heterocycles. The molecule has 1 unspecified atom stereocenters. The molecule has 2 aromatic carbocycles. The first-order chi connectivity index (χ1) is 14.5. The smallest absolute Gasteiger partial charge is 0.335 e. The molecule has 0 aliphatic carbocycles. The van der Waals surface area contributed by atoms with Crippen molar-refractivity contribution < 1.29 is 14.3 Å². The lowest BCUT2D eigenvalue weighted by molar-refractivity contribution is 0.0697. The van der Waals surface area contributed by atoms with Gasteiger partial charge in [0.1, 0.15) is 5.82 Å². The fourth-order valence-electron chi connectivity index (χ4n) is 3.76. The number of benzene rings is 2. The zero-order valence-corrected chi connectivity index (χ0v) is 16.6. The lowest BCUT2D eigenvalue weighted by Crippen LogP contribution is -2.41. The number of hydrazine groups is 1. The maximum absolute atomic E-state index is 14.2. The molecule has 1 atom stereocenters. The average Bonchev–Trinajstić information content (AvgIpc) is 3.16. The van der Waals surface area contributed by atoms with E-state index in [9.17, 15) is 9.18 Å². The molecule has 156 valence electrons. The molecule has 30 heavy (non-hydrogen) atoms. The summed E-state index contributed by atoms with van der Waals surface area (Å²) in [5, 5.41) is 17.6. The molecule has 0 saturated heterocycles. The minimum atomic E-state index is -0.956. The summed E-state index contributed by atoms with van der Waals surface area (Å²) in [6, 6.07) is 9.63. The van der Waals surface area contributed by atoms with Gasteiger partial charge in [0.2, 0.25) is 0 Å². The van der Waals surface area contributed by atoms with Crippen LogP contribution in [0.4, 0.5) is 15.8 Å². The number of anilines is 2. The number of carboxylic acids is 1. The predicted molar refractivity (Wildman–Crippen MR) is 115 cm³/mol. The van der Waals surface area contributed by atoms with Gasteiger partial charge in [-0.25, -0.2) is 14.6 Å². The van der Waals surface area contributed by atoms with Crippen molar-refractivity contribution in [1.82, 2.24) is 10.7 Å². The van der Waals surface area contributed by atoms with Crippen LogP contribution in [0.2, 0.25) is 0 Å². The Bertz CT molecular complexity index is 1030. The van der Waals surface area contributed by atoms with Crippen molar-refractivity contribution in [3.05, 3.63) is 76.4 Å². The van der Waals surface area contributed by atoms with E-state index in [1.165, 1.54) is 12.1 Å². The second-order valence-electron chi connectivity index (χ2n) is 7.19. The SMILES string of the molecule is CNc1cc(F)cc2c1N(NCCCN)C1=CC(c3ccc(C(=O)O)cc3)NC1=C2. The molecule has 0 aromatic heterocycles. The van der Waals surface area contributed by atoms with Gasteiger partial charge in [0, 0.05) is 19.2 Å². The topological polar surface area (TPSA) is 103 Å². The van der Waals surface area contributed by atoms with E-state index in [2.05, 4.69) is 22.1 Å². The van der Waals surface area contributed by atoms with Gasteiger partial charge in [-0.05, 0) is 54.9 Å². The number of nitrogens with zero attached hydrogens (tertiary/aromatic N) is 1. The van der Waals surface area contributed by atoms with Crippen molar-refractivity contribution in [3.8, 4) is 0 Å². The number of hydrogen-bond donors (Lipinski definition) is 5. The van der Waals surface area contributed by atoms with Gasteiger partial charge in [-0.1, -0.05) is 12.1 Å². The summed E-state index contributed by atoms with van der Waals surface area (Å²) in [4.78, 5) is 11.1. The highest BCUT2D eigenvalue weighted by Gasteiger charge is 2.32. The van der Waals surface area contributed by atoms with Crippen LogP contribution in [0, 0.1) is 5.82 Å². The highest BCUT2D eigenvalue weighted by Crippen LogP contribution is 2.42. The van der Waals surface area contributed by atoms with Crippen LogP contribution >= 0.6 is 0 Å². The van der Waals surface area contributed by atoms with Crippen LogP contribution in [0.25, 0.3) is 6.08 Å². The molecule has 0 bridgehead atoms. The maximum Gasteiger partial charge on any atom is 0.335 e. The third-order valence-electron chi connectivity index (χ3n) is 5.22. The van der Waals surface area contributed by atoms with Gasteiger partial charge in [0.15, 0.2) is 0 Å². The Kier molecular flexibility index (Phi) is 5.43. The predicted octanol–water partition coefficient (Wildman–Crippen LogP) is 2.81. The molecule has 2 aromatic rings. The van der Waals surface area contributed by atoms with Crippen LogP contribution < -0.4 is 26.8 Å². The van der Waals surface area contributed by atoms with E-state index >= 15 is 0 Å². The van der Waals surface area contributed by atoms with Crippen LogP contribution in [-0.2, 0) is 0 Å². The van der Waals surface area contributed by atoms with Gasteiger partial charge in [0.25, 0.3) is 0 Å². The maximum atomic E-state index is 14.2. The summed E-state index contributed by atoms with van der Waals surface area (Å²) in [6.07, 6.45) is 4.79. The Morgan fingerprint density at radius 1 is 1.30 bits per heavy atom. The van der Waals surface area contributed by atoms with Crippen LogP contribution in [0.3, 0.4) is 0 Å². The molecule has 0 amide bonds. The number of rotatable bonds is 7. The van der Waals surface area contributed by atoms with Gasteiger partial charge in [-0.3, -0.25) is 5.01 Å². The fraction of sp³-hybridized carbons (Fsp3) is 0.227. The van der Waals surface area contributed by atoms with Gasteiger partial charge in [0.05, 0.1) is 34.4 Å². The largest absolute Gasteiger partial charge is 0.478 e. The zero-order valence-electron chi connectivity index (χ0n) is 16.6. The Hall–Kier alpha value is -3.36. The van der Waals surface area contributed by atoms with Gasteiger partial charge >= 0.3 is 5.97 Å². The van der Waals surface area contributed by atoms with E-state index in [1.807, 2.05) is 11.1 Å². The number of aromatic carboxylic acids is 1. The molecular formula is C22H24FN5O2. The van der Waals surface area contributed by atoms with Crippen molar-refractivity contribution in [3.63, 3.8) is 0 Å². The van der Waals surface area contributed by atoms with E-state index in [0.717, 1.165) is 34.6 Å². The standard InChI is InChI=1S/C22H24FN5O2/c1-25-19-11-16(23)9-15-10-18-20(28(21(15)19)26-8-2-7-24)12-17(27-18)13-3-5-14(6-4-13)22(29)30/h3-6,9-12,17,25-27H,2,7-8,24H2,1H3,(H,29,30). The summed E-state index contributed by atoms with van der Waals surface area (Å²) >= 11 is 0. The van der Waals surface area contributed by atoms with Crippen molar-refractivity contribution in [2.75, 3.05) is 30.5 Å². The average molecular weight is 409 g/mol. The van der Waals surface area contributed by atoms with Crippen LogP contribution in [-0.4, -0.2) is 31.2 Å². The van der Waals surface area contributed by atoms with Gasteiger partial charge in [-0.2, -0.15) is 0 Å². The Labute approximate surface area is 174 Å². The van der Waals surface area contributed by atoms with Crippen LogP contribution in [0.1, 0.15) is 33.9 Å². The normalized spacial score (nSPS) is 16.9. The first-order valence-electron chi connectivity index (χ1n) is 9.80. The Balaban J connectivity index is 1.73. The van der Waals surface area contributed by atoms with E-state index in [-0.39, 0.29) is 17.4 Å². The Morgan fingerprint density at radius 2 is 2.07 bits per heavy atom. The first kappa shape index (κ1) is 19.9. The quantitative estimate of drug-likeness (QED) is 0.448. The van der Waals surface area contributed by atoms with Gasteiger partial charge < -0.3 is 21.5 Å². The lowest BCUT2D eigenvalue weighted by atomic mass is 10.0.